The van der Waals surface area contributed by atoms with E-state index in [-0.39, 0.29) is 5.56 Å². The van der Waals surface area contributed by atoms with Crippen LogP contribution in [0.4, 0.5) is 14.5 Å². The fraction of sp³-hybridized carbons (Fsp3) is 0.200. The minimum atomic E-state index is -2.42. The molecular weight excluding hydrogens is 340 g/mol. The monoisotopic (exact) mass is 353 g/mol. The molecule has 0 saturated carbocycles. The number of hydrogen-bond acceptors (Lipinski definition) is 5. The van der Waals surface area contributed by atoms with E-state index in [0.29, 0.717) is 33.9 Å². The predicted molar refractivity (Wildman–Crippen MR) is 89.7 cm³/mol. The molecule has 0 unspecified atom stereocenters. The number of thiazole rings is 1. The van der Waals surface area contributed by atoms with Gasteiger partial charge in [-0.25, -0.2) is 4.98 Å². The van der Waals surface area contributed by atoms with Crippen LogP contribution in [-0.2, 0) is 6.54 Å². The van der Waals surface area contributed by atoms with Gasteiger partial charge in [-0.15, -0.1) is 11.3 Å². The molecule has 120 valence electrons. The fourth-order valence-corrected chi connectivity index (χ4v) is 3.53. The van der Waals surface area contributed by atoms with Crippen molar-refractivity contribution in [3.05, 3.63) is 57.5 Å². The Morgan fingerprint density at radius 2 is 2.09 bits per heavy atom. The highest BCUT2D eigenvalue weighted by Gasteiger charge is 2.07. The molecule has 23 heavy (non-hydrogen) atoms. The highest BCUT2D eigenvalue weighted by molar-refractivity contribution is 7.99. The Hall–Kier alpha value is -1.93. The third-order valence-electron chi connectivity index (χ3n) is 3.18. The third kappa shape index (κ3) is 3.70. The molecule has 0 radical (unpaired) electrons. The molecule has 2 aromatic heterocycles. The molecule has 4 nitrogen and oxygen atoms in total. The maximum atomic E-state index is 12.3. The van der Waals surface area contributed by atoms with Crippen LogP contribution in [0.15, 0.2) is 45.4 Å². The summed E-state index contributed by atoms with van der Waals surface area (Å²) in [7, 11) is 0. The zero-order chi connectivity index (χ0) is 16.4. The number of halogens is 2. The van der Waals surface area contributed by atoms with Gasteiger partial charge >= 0.3 is 0 Å². The van der Waals surface area contributed by atoms with Crippen molar-refractivity contribution in [3.8, 4) is 0 Å². The number of nitrogens with zero attached hydrogens (tertiary/aromatic N) is 2. The quantitative estimate of drug-likeness (QED) is 0.705. The summed E-state index contributed by atoms with van der Waals surface area (Å²) in [4.78, 5) is 17.7. The molecule has 0 spiro atoms. The van der Waals surface area contributed by atoms with Crippen molar-refractivity contribution in [1.29, 1.82) is 0 Å². The number of rotatable bonds is 5. The summed E-state index contributed by atoms with van der Waals surface area (Å²) in [6, 6.07) is 8.22. The summed E-state index contributed by atoms with van der Waals surface area (Å²) in [6.07, 6.45) is 0. The van der Waals surface area contributed by atoms with E-state index in [4.69, 9.17) is 0 Å². The summed E-state index contributed by atoms with van der Waals surface area (Å²) in [6.45, 7) is 2.26. The molecule has 0 atom stereocenters. The van der Waals surface area contributed by atoms with Gasteiger partial charge in [0.2, 0.25) is 0 Å². The zero-order valence-electron chi connectivity index (χ0n) is 12.1. The maximum Gasteiger partial charge on any atom is 0.288 e. The van der Waals surface area contributed by atoms with Gasteiger partial charge < -0.3 is 5.32 Å². The van der Waals surface area contributed by atoms with E-state index in [1.807, 2.05) is 12.3 Å². The molecule has 1 N–H and O–H groups in total. The Bertz CT molecular complexity index is 875. The molecule has 2 heterocycles. The summed E-state index contributed by atoms with van der Waals surface area (Å²) in [5, 5.41) is 5.03. The van der Waals surface area contributed by atoms with Crippen molar-refractivity contribution in [2.45, 2.75) is 24.1 Å². The largest absolute Gasteiger partial charge is 0.379 e. The first-order valence-corrected chi connectivity index (χ1v) is 8.54. The first-order chi connectivity index (χ1) is 11.0. The molecule has 0 aliphatic heterocycles. The van der Waals surface area contributed by atoms with E-state index in [9.17, 15) is 13.6 Å². The molecular formula is C15H13F2N3OS2. The van der Waals surface area contributed by atoms with Gasteiger partial charge in [-0.05, 0) is 31.2 Å². The van der Waals surface area contributed by atoms with E-state index < -0.39 is 5.76 Å². The van der Waals surface area contributed by atoms with Crippen LogP contribution in [0.1, 0.15) is 11.4 Å². The first-order valence-electron chi connectivity index (χ1n) is 6.78. The van der Waals surface area contributed by atoms with Crippen LogP contribution < -0.4 is 10.9 Å². The van der Waals surface area contributed by atoms with Crippen molar-refractivity contribution in [2.75, 3.05) is 5.32 Å². The minimum absolute atomic E-state index is 0.103. The van der Waals surface area contributed by atoms with Crippen LogP contribution in [0.25, 0.3) is 4.96 Å². The standard InChI is InChI=1S/C15H13F2N3OS2/c1-9-8-22-15-19-11(6-13(21)20(9)15)7-18-10-2-4-12(5-3-10)23-14(16)17/h2-6,8,14,18H,7H2,1H3. The Balaban J connectivity index is 1.72. The lowest BCUT2D eigenvalue weighted by atomic mass is 10.3. The second kappa shape index (κ2) is 6.67. The average Bonchev–Trinajstić information content (AvgIpc) is 2.88. The van der Waals surface area contributed by atoms with Crippen molar-refractivity contribution >= 4 is 33.7 Å². The summed E-state index contributed by atoms with van der Waals surface area (Å²) in [5.74, 6) is -2.42. The number of thioether (sulfide) groups is 1. The van der Waals surface area contributed by atoms with Gasteiger partial charge in [0.25, 0.3) is 11.3 Å². The summed E-state index contributed by atoms with van der Waals surface area (Å²) in [5.41, 5.74) is 2.19. The van der Waals surface area contributed by atoms with Crippen LogP contribution in [-0.4, -0.2) is 15.1 Å². The summed E-state index contributed by atoms with van der Waals surface area (Å²) >= 11 is 1.93. The number of fused-ring (bicyclic) bond motifs is 1. The highest BCUT2D eigenvalue weighted by Crippen LogP contribution is 2.26. The molecule has 3 aromatic rings. The van der Waals surface area contributed by atoms with Crippen LogP contribution in [0.3, 0.4) is 0 Å². The number of benzene rings is 1. The maximum absolute atomic E-state index is 12.3. The van der Waals surface area contributed by atoms with Gasteiger partial charge in [0.15, 0.2) is 4.96 Å². The van der Waals surface area contributed by atoms with Gasteiger partial charge in [-0.2, -0.15) is 8.78 Å². The Morgan fingerprint density at radius 3 is 2.78 bits per heavy atom. The summed E-state index contributed by atoms with van der Waals surface area (Å²) < 4.78 is 26.1. The highest BCUT2D eigenvalue weighted by atomic mass is 32.2. The van der Waals surface area contributed by atoms with Crippen LogP contribution in [0.5, 0.6) is 0 Å². The molecule has 0 fully saturated rings. The number of aromatic nitrogens is 2. The SMILES string of the molecule is Cc1csc2nc(CNc3ccc(SC(F)F)cc3)cc(=O)n12. The molecule has 0 bridgehead atoms. The van der Waals surface area contributed by atoms with Crippen molar-refractivity contribution in [3.63, 3.8) is 0 Å². The van der Waals surface area contributed by atoms with E-state index in [1.165, 1.54) is 17.4 Å². The van der Waals surface area contributed by atoms with Crippen molar-refractivity contribution < 1.29 is 8.78 Å². The Labute approximate surface area is 139 Å². The van der Waals surface area contributed by atoms with Crippen molar-refractivity contribution in [1.82, 2.24) is 9.38 Å². The van der Waals surface area contributed by atoms with Gasteiger partial charge in [0, 0.05) is 27.7 Å². The molecule has 0 aliphatic carbocycles. The van der Waals surface area contributed by atoms with Gasteiger partial charge in [0.05, 0.1) is 12.2 Å². The second-order valence-electron chi connectivity index (χ2n) is 4.84. The number of aryl methyl sites for hydroxylation is 1. The number of alkyl halides is 2. The molecule has 3 rings (SSSR count). The van der Waals surface area contributed by atoms with Crippen LogP contribution in [0, 0.1) is 6.92 Å². The average molecular weight is 353 g/mol. The minimum Gasteiger partial charge on any atom is -0.379 e. The molecule has 0 amide bonds. The Kier molecular flexibility index (Phi) is 4.63. The van der Waals surface area contributed by atoms with Gasteiger partial charge in [0.1, 0.15) is 0 Å². The number of nitrogens with one attached hydrogen (secondary N) is 1. The van der Waals surface area contributed by atoms with E-state index >= 15 is 0 Å². The molecule has 8 heteroatoms. The molecule has 0 saturated heterocycles. The predicted octanol–water partition coefficient (Wildman–Crippen LogP) is 3.99. The zero-order valence-corrected chi connectivity index (χ0v) is 13.8. The molecule has 0 aliphatic rings. The lowest BCUT2D eigenvalue weighted by Gasteiger charge is -2.07. The van der Waals surface area contributed by atoms with Crippen LogP contribution >= 0.6 is 23.1 Å². The number of anilines is 1. The van der Waals surface area contributed by atoms with Gasteiger partial charge in [-0.1, -0.05) is 11.8 Å². The van der Waals surface area contributed by atoms with Crippen LogP contribution in [0.2, 0.25) is 0 Å². The Morgan fingerprint density at radius 1 is 1.35 bits per heavy atom. The molecule has 1 aromatic carbocycles. The second-order valence-corrected chi connectivity index (χ2v) is 6.74. The lowest BCUT2D eigenvalue weighted by molar-refractivity contribution is 0.252. The number of hydrogen-bond donors (Lipinski definition) is 1. The van der Waals surface area contributed by atoms with Gasteiger partial charge in [-0.3, -0.25) is 9.20 Å². The smallest absolute Gasteiger partial charge is 0.288 e. The fourth-order valence-electron chi connectivity index (χ4n) is 2.14. The third-order valence-corrected chi connectivity index (χ3v) is 4.85. The van der Waals surface area contributed by atoms with E-state index in [1.54, 1.807) is 28.7 Å². The lowest BCUT2D eigenvalue weighted by Crippen LogP contribution is -2.16. The normalized spacial score (nSPS) is 11.3. The van der Waals surface area contributed by atoms with E-state index in [0.717, 1.165) is 11.4 Å². The first kappa shape index (κ1) is 15.9. The van der Waals surface area contributed by atoms with Crippen molar-refractivity contribution in [2.24, 2.45) is 0 Å². The van der Waals surface area contributed by atoms with E-state index in [2.05, 4.69) is 10.3 Å². The topological polar surface area (TPSA) is 46.4 Å².